The molecule has 1 saturated heterocycles. The lowest BCUT2D eigenvalue weighted by Gasteiger charge is -2.37. The minimum Gasteiger partial charge on any atom is -0.497 e. The Labute approximate surface area is 228 Å². The molecular formula is C31H33N3O5. The number of nitrogens with zero attached hydrogens (tertiary/aromatic N) is 2. The van der Waals surface area contributed by atoms with E-state index in [1.807, 2.05) is 84.9 Å². The Morgan fingerprint density at radius 3 is 2.03 bits per heavy atom. The van der Waals surface area contributed by atoms with Gasteiger partial charge in [-0.15, -0.1) is 0 Å². The van der Waals surface area contributed by atoms with E-state index >= 15 is 0 Å². The molecule has 0 saturated carbocycles. The summed E-state index contributed by atoms with van der Waals surface area (Å²) in [5.74, 6) is 2.00. The summed E-state index contributed by atoms with van der Waals surface area (Å²) in [7, 11) is 5.05. The van der Waals surface area contributed by atoms with Crippen molar-refractivity contribution in [3.8, 4) is 11.5 Å². The minimum absolute atomic E-state index is 0.147. The van der Waals surface area contributed by atoms with Crippen molar-refractivity contribution in [1.82, 2.24) is 9.97 Å². The Kier molecular flexibility index (Phi) is 8.07. The van der Waals surface area contributed by atoms with E-state index in [9.17, 15) is 5.11 Å². The van der Waals surface area contributed by atoms with Crippen LogP contribution < -0.4 is 14.8 Å². The van der Waals surface area contributed by atoms with E-state index in [1.165, 1.54) is 0 Å². The van der Waals surface area contributed by atoms with Crippen LogP contribution in [0.2, 0.25) is 0 Å². The summed E-state index contributed by atoms with van der Waals surface area (Å²) in [6.45, 7) is 0.147. The molecule has 4 aromatic rings. The average Bonchev–Trinajstić information content (AvgIpc) is 3.39. The first kappa shape index (κ1) is 26.6. The molecule has 0 unspecified atom stereocenters. The summed E-state index contributed by atoms with van der Waals surface area (Å²) in [5, 5.41) is 13.9. The summed E-state index contributed by atoms with van der Waals surface area (Å²) in [6, 6.07) is 27.6. The van der Waals surface area contributed by atoms with Crippen LogP contribution in [0.3, 0.4) is 0 Å². The molecule has 8 nitrogen and oxygen atoms in total. The highest BCUT2D eigenvalue weighted by atomic mass is 16.6. The standard InChI is InChI=1S/C31H33N3O5/c1-32-30-33-18-17-26(34-30)28-19-27(35)29(39-28)20-38-31(21-7-5-4-6-8-21,22-9-13-24(36-2)14-10-22)23-11-15-25(37-3)16-12-23/h4-18,27-29,35H,19-20H2,1-3H3,(H,32,33,34)/t27-,28+,29+/m0/s1. The SMILES string of the molecule is CNc1nccc([C@H]2C[C@H](O)[C@@H](COC(c3ccccc3)(c3ccc(OC)cc3)c3ccc(OC)cc3)O2)n1. The zero-order valence-corrected chi connectivity index (χ0v) is 22.3. The Bertz CT molecular complexity index is 1300. The van der Waals surface area contributed by atoms with Crippen molar-refractivity contribution in [3.05, 3.63) is 114 Å². The molecule has 0 spiro atoms. The number of hydrogen-bond acceptors (Lipinski definition) is 8. The Morgan fingerprint density at radius 1 is 0.872 bits per heavy atom. The highest BCUT2D eigenvalue weighted by Crippen LogP contribution is 2.43. The summed E-state index contributed by atoms with van der Waals surface area (Å²) < 4.78 is 24.1. The van der Waals surface area contributed by atoms with Crippen molar-refractivity contribution >= 4 is 5.95 Å². The highest BCUT2D eigenvalue weighted by Gasteiger charge is 2.42. The number of hydrogen-bond donors (Lipinski definition) is 2. The first-order valence-electron chi connectivity index (χ1n) is 12.9. The van der Waals surface area contributed by atoms with E-state index < -0.39 is 17.8 Å². The second kappa shape index (κ2) is 11.8. The second-order valence-corrected chi connectivity index (χ2v) is 9.34. The number of ether oxygens (including phenoxy) is 4. The molecule has 0 amide bonds. The summed E-state index contributed by atoms with van der Waals surface area (Å²) in [6.07, 6.45) is 0.460. The molecule has 2 heterocycles. The number of aliphatic hydroxyl groups is 1. The smallest absolute Gasteiger partial charge is 0.222 e. The van der Waals surface area contributed by atoms with E-state index in [1.54, 1.807) is 27.5 Å². The van der Waals surface area contributed by atoms with Gasteiger partial charge >= 0.3 is 0 Å². The molecule has 0 bridgehead atoms. The van der Waals surface area contributed by atoms with Crippen LogP contribution >= 0.6 is 0 Å². The van der Waals surface area contributed by atoms with Crippen LogP contribution in [0, 0.1) is 0 Å². The van der Waals surface area contributed by atoms with Gasteiger partial charge in [0.25, 0.3) is 0 Å². The summed E-state index contributed by atoms with van der Waals surface area (Å²) >= 11 is 0. The fraction of sp³-hybridized carbons (Fsp3) is 0.290. The molecule has 1 aliphatic heterocycles. The fourth-order valence-electron chi connectivity index (χ4n) is 5.02. The van der Waals surface area contributed by atoms with E-state index in [4.69, 9.17) is 18.9 Å². The maximum Gasteiger partial charge on any atom is 0.222 e. The van der Waals surface area contributed by atoms with Gasteiger partial charge in [0, 0.05) is 19.7 Å². The summed E-state index contributed by atoms with van der Waals surface area (Å²) in [4.78, 5) is 8.68. The van der Waals surface area contributed by atoms with Crippen molar-refractivity contribution in [2.24, 2.45) is 0 Å². The van der Waals surface area contributed by atoms with Crippen molar-refractivity contribution < 1.29 is 24.1 Å². The zero-order valence-electron chi connectivity index (χ0n) is 22.3. The number of anilines is 1. The van der Waals surface area contributed by atoms with Gasteiger partial charge in [-0.25, -0.2) is 9.97 Å². The minimum atomic E-state index is -0.991. The quantitative estimate of drug-likeness (QED) is 0.286. The van der Waals surface area contributed by atoms with Crippen LogP contribution in [0.25, 0.3) is 0 Å². The molecule has 3 atom stereocenters. The first-order valence-corrected chi connectivity index (χ1v) is 12.9. The lowest BCUT2D eigenvalue weighted by atomic mass is 9.80. The third kappa shape index (κ3) is 5.45. The Balaban J connectivity index is 1.52. The zero-order chi connectivity index (χ0) is 27.2. The van der Waals surface area contributed by atoms with Crippen molar-refractivity contribution in [2.45, 2.75) is 30.3 Å². The molecule has 202 valence electrons. The average molecular weight is 528 g/mol. The van der Waals surface area contributed by atoms with Crippen molar-refractivity contribution in [3.63, 3.8) is 0 Å². The highest BCUT2D eigenvalue weighted by molar-refractivity contribution is 5.49. The van der Waals surface area contributed by atoms with E-state index in [2.05, 4.69) is 15.3 Å². The van der Waals surface area contributed by atoms with Crippen LogP contribution in [0.15, 0.2) is 91.1 Å². The number of benzene rings is 3. The molecular weight excluding hydrogens is 494 g/mol. The molecule has 5 rings (SSSR count). The van der Waals surface area contributed by atoms with Crippen LogP contribution in [-0.4, -0.2) is 55.2 Å². The molecule has 8 heteroatoms. The summed E-state index contributed by atoms with van der Waals surface area (Å²) in [5.41, 5.74) is 2.50. The van der Waals surface area contributed by atoms with Gasteiger partial charge in [-0.3, -0.25) is 0 Å². The lowest BCUT2D eigenvalue weighted by molar-refractivity contribution is -0.0832. The van der Waals surface area contributed by atoms with E-state index in [0.717, 1.165) is 33.9 Å². The largest absolute Gasteiger partial charge is 0.497 e. The van der Waals surface area contributed by atoms with Crippen molar-refractivity contribution in [2.75, 3.05) is 33.2 Å². The van der Waals surface area contributed by atoms with Gasteiger partial charge in [0.2, 0.25) is 5.95 Å². The Hall–Kier alpha value is -3.98. The Morgan fingerprint density at radius 2 is 1.46 bits per heavy atom. The van der Waals surface area contributed by atoms with Crippen LogP contribution in [0.4, 0.5) is 5.95 Å². The molecule has 39 heavy (non-hydrogen) atoms. The van der Waals surface area contributed by atoms with Gasteiger partial charge in [0.05, 0.1) is 32.6 Å². The maximum atomic E-state index is 11.0. The molecule has 1 aromatic heterocycles. The van der Waals surface area contributed by atoms with Crippen LogP contribution in [0.1, 0.15) is 34.9 Å². The molecule has 3 aromatic carbocycles. The predicted molar refractivity (Wildman–Crippen MR) is 148 cm³/mol. The number of methoxy groups -OCH3 is 2. The normalized spacial score (nSPS) is 19.0. The number of nitrogens with one attached hydrogen (secondary N) is 1. The van der Waals surface area contributed by atoms with Gasteiger partial charge in [0.15, 0.2) is 0 Å². The molecule has 2 N–H and O–H groups in total. The number of rotatable bonds is 10. The number of aliphatic hydroxyl groups excluding tert-OH is 1. The van der Waals surface area contributed by atoms with Gasteiger partial charge in [-0.05, 0) is 47.0 Å². The number of aromatic nitrogens is 2. The van der Waals surface area contributed by atoms with Crippen molar-refractivity contribution in [1.29, 1.82) is 0 Å². The first-order chi connectivity index (χ1) is 19.1. The monoisotopic (exact) mass is 527 g/mol. The van der Waals surface area contributed by atoms with Gasteiger partial charge in [-0.1, -0.05) is 54.6 Å². The predicted octanol–water partition coefficient (Wildman–Crippen LogP) is 4.74. The van der Waals surface area contributed by atoms with E-state index in [0.29, 0.717) is 12.4 Å². The van der Waals surface area contributed by atoms with Gasteiger partial charge in [-0.2, -0.15) is 0 Å². The van der Waals surface area contributed by atoms with E-state index in [-0.39, 0.29) is 12.7 Å². The molecule has 1 aliphatic rings. The van der Waals surface area contributed by atoms with Crippen LogP contribution in [0.5, 0.6) is 11.5 Å². The van der Waals surface area contributed by atoms with Crippen LogP contribution in [-0.2, 0) is 15.1 Å². The van der Waals surface area contributed by atoms with Gasteiger partial charge in [0.1, 0.15) is 29.3 Å². The third-order valence-electron chi connectivity index (χ3n) is 7.09. The van der Waals surface area contributed by atoms with Gasteiger partial charge < -0.3 is 29.4 Å². The maximum absolute atomic E-state index is 11.0. The molecule has 0 radical (unpaired) electrons. The topological polar surface area (TPSA) is 95.0 Å². The third-order valence-corrected chi connectivity index (χ3v) is 7.09. The second-order valence-electron chi connectivity index (χ2n) is 9.34. The lowest BCUT2D eigenvalue weighted by Crippen LogP contribution is -2.38. The molecule has 0 aliphatic carbocycles. The fourth-order valence-corrected chi connectivity index (χ4v) is 5.02. The molecule has 1 fully saturated rings.